The minimum Gasteiger partial charge on any atom is -0.492 e. The molecule has 2 heterocycles. The van der Waals surface area contributed by atoms with Crippen LogP contribution < -0.4 is 15.4 Å². The van der Waals surface area contributed by atoms with E-state index in [0.717, 1.165) is 40.7 Å². The first-order chi connectivity index (χ1) is 8.38. The molecule has 0 unspecified atom stereocenters. The quantitative estimate of drug-likeness (QED) is 0.849. The Kier molecular flexibility index (Phi) is 2.56. The van der Waals surface area contributed by atoms with Gasteiger partial charge in [0.15, 0.2) is 11.7 Å². The van der Waals surface area contributed by atoms with Gasteiger partial charge in [-0.05, 0) is 12.1 Å². The summed E-state index contributed by atoms with van der Waals surface area (Å²) in [5.74, 6) is 1.55. The second-order valence-corrected chi connectivity index (χ2v) is 4.51. The van der Waals surface area contributed by atoms with E-state index in [1.54, 1.807) is 18.4 Å². The molecule has 0 radical (unpaired) electrons. The topological polar surface area (TPSA) is 58.5 Å². The maximum Gasteiger partial charge on any atom is 0.196 e. The molecule has 5 nitrogen and oxygen atoms in total. The van der Waals surface area contributed by atoms with Crippen molar-refractivity contribution in [3.05, 3.63) is 17.6 Å². The maximum atomic E-state index is 5.43. The third-order valence-electron chi connectivity index (χ3n) is 2.59. The van der Waals surface area contributed by atoms with Crippen LogP contribution in [-0.4, -0.2) is 31.1 Å². The van der Waals surface area contributed by atoms with Crippen LogP contribution in [0.15, 0.2) is 22.6 Å². The lowest BCUT2D eigenvalue weighted by molar-refractivity contribution is 0.421. The molecule has 2 aromatic rings. The zero-order valence-electron chi connectivity index (χ0n) is 9.36. The van der Waals surface area contributed by atoms with Crippen LogP contribution in [0.1, 0.15) is 0 Å². The minimum absolute atomic E-state index is 0.764. The van der Waals surface area contributed by atoms with Crippen molar-refractivity contribution in [3.63, 3.8) is 0 Å². The van der Waals surface area contributed by atoms with Crippen molar-refractivity contribution in [1.82, 2.24) is 10.3 Å². The van der Waals surface area contributed by atoms with Gasteiger partial charge in [0.1, 0.15) is 5.52 Å². The minimum atomic E-state index is 0.764. The van der Waals surface area contributed by atoms with Gasteiger partial charge in [-0.3, -0.25) is 4.99 Å². The lowest BCUT2D eigenvalue weighted by atomic mass is 10.2. The zero-order valence-corrected chi connectivity index (χ0v) is 10.2. The van der Waals surface area contributed by atoms with E-state index in [-0.39, 0.29) is 0 Å². The number of anilines is 1. The number of nitrogens with zero attached hydrogens (tertiary/aromatic N) is 2. The van der Waals surface area contributed by atoms with Gasteiger partial charge in [0.25, 0.3) is 0 Å². The summed E-state index contributed by atoms with van der Waals surface area (Å²) < 4.78 is 6.55. The molecular weight excluding hydrogens is 236 g/mol. The van der Waals surface area contributed by atoms with Crippen LogP contribution in [0.3, 0.4) is 0 Å². The predicted octanol–water partition coefficient (Wildman–Crippen LogP) is 1.68. The first-order valence-corrected chi connectivity index (χ1v) is 6.22. The molecular formula is C11H12N4OS. The van der Waals surface area contributed by atoms with E-state index in [4.69, 9.17) is 4.74 Å². The van der Waals surface area contributed by atoms with Gasteiger partial charge in [-0.2, -0.15) is 0 Å². The van der Waals surface area contributed by atoms with E-state index in [9.17, 15) is 0 Å². The largest absolute Gasteiger partial charge is 0.492 e. The highest BCUT2D eigenvalue weighted by atomic mass is 32.1. The van der Waals surface area contributed by atoms with Crippen molar-refractivity contribution in [2.24, 2.45) is 4.99 Å². The van der Waals surface area contributed by atoms with Crippen molar-refractivity contribution in [1.29, 1.82) is 0 Å². The monoisotopic (exact) mass is 248 g/mol. The Bertz CT molecular complexity index is 578. The number of thiazole rings is 1. The normalized spacial score (nSPS) is 14.5. The second-order valence-electron chi connectivity index (χ2n) is 3.63. The van der Waals surface area contributed by atoms with Crippen LogP contribution in [0.5, 0.6) is 5.75 Å². The highest BCUT2D eigenvalue weighted by Gasteiger charge is 2.13. The molecule has 0 saturated carbocycles. The smallest absolute Gasteiger partial charge is 0.196 e. The molecule has 1 aliphatic heterocycles. The van der Waals surface area contributed by atoms with Crippen molar-refractivity contribution in [2.45, 2.75) is 0 Å². The van der Waals surface area contributed by atoms with Gasteiger partial charge in [-0.15, -0.1) is 11.3 Å². The highest BCUT2D eigenvalue weighted by Crippen LogP contribution is 2.34. The van der Waals surface area contributed by atoms with Crippen molar-refractivity contribution >= 4 is 33.2 Å². The molecule has 0 amide bonds. The Morgan fingerprint density at radius 3 is 3.18 bits per heavy atom. The van der Waals surface area contributed by atoms with Crippen molar-refractivity contribution in [2.75, 3.05) is 25.5 Å². The van der Waals surface area contributed by atoms with Gasteiger partial charge < -0.3 is 15.4 Å². The number of hydrogen-bond donors (Lipinski definition) is 2. The number of methoxy groups -OCH3 is 1. The van der Waals surface area contributed by atoms with Crippen LogP contribution in [0, 0.1) is 0 Å². The fraction of sp³-hybridized carbons (Fsp3) is 0.273. The molecule has 17 heavy (non-hydrogen) atoms. The summed E-state index contributed by atoms with van der Waals surface area (Å²) in [5.41, 5.74) is 3.60. The summed E-state index contributed by atoms with van der Waals surface area (Å²) in [5, 5.41) is 6.38. The number of hydrogen-bond acceptors (Lipinski definition) is 6. The van der Waals surface area contributed by atoms with Crippen LogP contribution in [0.4, 0.5) is 5.69 Å². The number of fused-ring (bicyclic) bond motifs is 1. The van der Waals surface area contributed by atoms with Gasteiger partial charge in [0.05, 0.1) is 29.6 Å². The molecule has 0 spiro atoms. The molecule has 2 N–H and O–H groups in total. The molecule has 0 fully saturated rings. The van der Waals surface area contributed by atoms with Gasteiger partial charge in [0, 0.05) is 6.54 Å². The number of benzene rings is 1. The molecule has 3 rings (SSSR count). The van der Waals surface area contributed by atoms with Crippen LogP contribution in [0.2, 0.25) is 0 Å². The summed E-state index contributed by atoms with van der Waals surface area (Å²) >= 11 is 1.60. The number of rotatable bonds is 2. The Morgan fingerprint density at radius 2 is 2.41 bits per heavy atom. The summed E-state index contributed by atoms with van der Waals surface area (Å²) in [4.78, 5) is 8.61. The van der Waals surface area contributed by atoms with Gasteiger partial charge in [-0.25, -0.2) is 4.98 Å². The van der Waals surface area contributed by atoms with Gasteiger partial charge in [-0.1, -0.05) is 0 Å². The van der Waals surface area contributed by atoms with E-state index < -0.39 is 0 Å². The number of ether oxygens (including phenoxy) is 1. The second kappa shape index (κ2) is 4.21. The average molecular weight is 248 g/mol. The van der Waals surface area contributed by atoms with E-state index >= 15 is 0 Å². The van der Waals surface area contributed by atoms with E-state index in [1.165, 1.54) is 0 Å². The molecule has 88 valence electrons. The van der Waals surface area contributed by atoms with E-state index in [1.807, 2.05) is 17.6 Å². The lowest BCUT2D eigenvalue weighted by Crippen LogP contribution is -2.26. The van der Waals surface area contributed by atoms with Crippen LogP contribution in [-0.2, 0) is 0 Å². The molecule has 0 aliphatic carbocycles. The lowest BCUT2D eigenvalue weighted by Gasteiger charge is -2.11. The number of aromatic nitrogens is 1. The Hall–Kier alpha value is -1.82. The predicted molar refractivity (Wildman–Crippen MR) is 70.1 cm³/mol. The fourth-order valence-corrected chi connectivity index (χ4v) is 2.50. The fourth-order valence-electron chi connectivity index (χ4n) is 1.82. The summed E-state index contributed by atoms with van der Waals surface area (Å²) in [6.07, 6.45) is 0. The first kappa shape index (κ1) is 10.3. The molecule has 6 heteroatoms. The van der Waals surface area contributed by atoms with Gasteiger partial charge >= 0.3 is 0 Å². The number of nitrogens with one attached hydrogen (secondary N) is 2. The van der Waals surface area contributed by atoms with Crippen molar-refractivity contribution in [3.8, 4) is 5.75 Å². The summed E-state index contributed by atoms with van der Waals surface area (Å²) in [6.45, 7) is 1.69. The molecule has 1 aliphatic rings. The molecule has 0 saturated heterocycles. The summed E-state index contributed by atoms with van der Waals surface area (Å²) in [6, 6.07) is 4.02. The van der Waals surface area contributed by atoms with E-state index in [2.05, 4.69) is 20.6 Å². The number of aliphatic imine (C=N–C) groups is 1. The Labute approximate surface area is 103 Å². The number of guanidine groups is 1. The summed E-state index contributed by atoms with van der Waals surface area (Å²) in [7, 11) is 1.66. The van der Waals surface area contributed by atoms with Crippen LogP contribution >= 0.6 is 11.3 Å². The molecule has 1 aromatic heterocycles. The Balaban J connectivity index is 2.02. The van der Waals surface area contributed by atoms with Gasteiger partial charge in [0.2, 0.25) is 0 Å². The first-order valence-electron chi connectivity index (χ1n) is 5.34. The average Bonchev–Trinajstić information content (AvgIpc) is 2.98. The van der Waals surface area contributed by atoms with Crippen LogP contribution in [0.25, 0.3) is 10.2 Å². The molecule has 1 aromatic carbocycles. The maximum absolute atomic E-state index is 5.43. The highest BCUT2D eigenvalue weighted by molar-refractivity contribution is 7.16. The SMILES string of the molecule is COc1c(NC2=NCCN2)ccc2scnc12. The third kappa shape index (κ3) is 1.80. The molecule has 0 bridgehead atoms. The molecule has 0 atom stereocenters. The zero-order chi connectivity index (χ0) is 11.7. The van der Waals surface area contributed by atoms with E-state index in [0.29, 0.717) is 0 Å². The Morgan fingerprint density at radius 1 is 1.47 bits per heavy atom. The van der Waals surface area contributed by atoms with Crippen molar-refractivity contribution < 1.29 is 4.74 Å². The standard InChI is InChI=1S/C11H12N4OS/c1-16-10-7(15-11-12-4-5-13-11)2-3-8-9(10)14-6-17-8/h2-3,6H,4-5H2,1H3,(H2,12,13,15). The third-order valence-corrected chi connectivity index (χ3v) is 3.38.